The predicted octanol–water partition coefficient (Wildman–Crippen LogP) is 1.86. The standard InChI is InChI=1S/C15H20ClNO3/c1-10-9-20-14(8-18)7-17(10)6-12-5-13(16)4-11-2-3-19-15(11)12/h4-5,10,14,18H,2-3,6-9H2,1H3. The number of benzene rings is 1. The van der Waals surface area contributed by atoms with Crippen LogP contribution in [0, 0.1) is 0 Å². The van der Waals surface area contributed by atoms with E-state index in [4.69, 9.17) is 21.1 Å². The van der Waals surface area contributed by atoms with Gasteiger partial charge in [0.05, 0.1) is 25.9 Å². The highest BCUT2D eigenvalue weighted by Crippen LogP contribution is 2.34. The fourth-order valence-electron chi connectivity index (χ4n) is 2.89. The monoisotopic (exact) mass is 297 g/mol. The summed E-state index contributed by atoms with van der Waals surface area (Å²) in [6.07, 6.45) is 0.834. The van der Waals surface area contributed by atoms with Crippen LogP contribution in [0.3, 0.4) is 0 Å². The number of rotatable bonds is 3. The molecule has 0 aliphatic carbocycles. The number of hydrogen-bond donors (Lipinski definition) is 1. The Labute approximate surface area is 124 Å². The fraction of sp³-hybridized carbons (Fsp3) is 0.600. The molecule has 1 fully saturated rings. The van der Waals surface area contributed by atoms with Crippen LogP contribution in [-0.2, 0) is 17.7 Å². The minimum Gasteiger partial charge on any atom is -0.493 e. The maximum absolute atomic E-state index is 9.26. The molecule has 0 radical (unpaired) electrons. The number of ether oxygens (including phenoxy) is 2. The molecule has 1 N–H and O–H groups in total. The lowest BCUT2D eigenvalue weighted by molar-refractivity contribution is -0.0806. The van der Waals surface area contributed by atoms with Gasteiger partial charge in [0.1, 0.15) is 5.75 Å². The van der Waals surface area contributed by atoms with Crippen molar-refractivity contribution in [2.75, 3.05) is 26.4 Å². The molecule has 5 heteroatoms. The number of fused-ring (bicyclic) bond motifs is 1. The Kier molecular flexibility index (Phi) is 4.17. The number of nitrogens with zero attached hydrogens (tertiary/aromatic N) is 1. The van der Waals surface area contributed by atoms with Crippen molar-refractivity contribution >= 4 is 11.6 Å². The molecule has 0 spiro atoms. The van der Waals surface area contributed by atoms with Gasteiger partial charge in [-0.3, -0.25) is 4.90 Å². The van der Waals surface area contributed by atoms with Gasteiger partial charge in [-0.25, -0.2) is 0 Å². The number of morpholine rings is 1. The van der Waals surface area contributed by atoms with Crippen LogP contribution in [0.4, 0.5) is 0 Å². The van der Waals surface area contributed by atoms with Crippen molar-refractivity contribution < 1.29 is 14.6 Å². The van der Waals surface area contributed by atoms with Gasteiger partial charge in [0.25, 0.3) is 0 Å². The highest BCUT2D eigenvalue weighted by atomic mass is 35.5. The van der Waals surface area contributed by atoms with E-state index in [1.165, 1.54) is 5.56 Å². The van der Waals surface area contributed by atoms with Crippen LogP contribution in [-0.4, -0.2) is 48.5 Å². The Balaban J connectivity index is 1.80. The molecule has 110 valence electrons. The second-order valence-corrected chi connectivity index (χ2v) is 6.00. The summed E-state index contributed by atoms with van der Waals surface area (Å²) in [6.45, 7) is 5.10. The maximum Gasteiger partial charge on any atom is 0.127 e. The molecule has 2 aliphatic heterocycles. The second-order valence-electron chi connectivity index (χ2n) is 5.57. The highest BCUT2D eigenvalue weighted by Gasteiger charge is 2.27. The third-order valence-electron chi connectivity index (χ3n) is 4.04. The molecular formula is C15H20ClNO3. The Morgan fingerprint density at radius 1 is 1.45 bits per heavy atom. The normalized spacial score (nSPS) is 26.4. The molecule has 0 amide bonds. The summed E-state index contributed by atoms with van der Waals surface area (Å²) in [6, 6.07) is 4.31. The molecule has 1 aromatic rings. The quantitative estimate of drug-likeness (QED) is 0.925. The van der Waals surface area contributed by atoms with Crippen LogP contribution >= 0.6 is 11.6 Å². The van der Waals surface area contributed by atoms with E-state index in [0.29, 0.717) is 12.6 Å². The third kappa shape index (κ3) is 2.79. The third-order valence-corrected chi connectivity index (χ3v) is 4.26. The zero-order valence-electron chi connectivity index (χ0n) is 11.6. The molecule has 1 saturated heterocycles. The maximum atomic E-state index is 9.26. The first-order valence-electron chi connectivity index (χ1n) is 7.08. The summed E-state index contributed by atoms with van der Waals surface area (Å²) in [4.78, 5) is 2.32. The van der Waals surface area contributed by atoms with Crippen molar-refractivity contribution in [1.82, 2.24) is 4.90 Å². The summed E-state index contributed by atoms with van der Waals surface area (Å²) >= 11 is 6.20. The summed E-state index contributed by atoms with van der Waals surface area (Å²) in [5.41, 5.74) is 2.34. The predicted molar refractivity (Wildman–Crippen MR) is 77.3 cm³/mol. The molecule has 0 saturated carbocycles. The lowest BCUT2D eigenvalue weighted by Gasteiger charge is -2.37. The van der Waals surface area contributed by atoms with Gasteiger partial charge in [-0.1, -0.05) is 11.6 Å². The van der Waals surface area contributed by atoms with E-state index in [9.17, 15) is 5.11 Å². The van der Waals surface area contributed by atoms with E-state index in [0.717, 1.165) is 42.5 Å². The van der Waals surface area contributed by atoms with Gasteiger partial charge < -0.3 is 14.6 Å². The first kappa shape index (κ1) is 14.1. The topological polar surface area (TPSA) is 41.9 Å². The van der Waals surface area contributed by atoms with E-state index in [-0.39, 0.29) is 12.7 Å². The average molecular weight is 298 g/mol. The Morgan fingerprint density at radius 3 is 3.10 bits per heavy atom. The zero-order chi connectivity index (χ0) is 14.1. The summed E-state index contributed by atoms with van der Waals surface area (Å²) in [5, 5.41) is 10.0. The largest absolute Gasteiger partial charge is 0.493 e. The van der Waals surface area contributed by atoms with Crippen LogP contribution in [0.25, 0.3) is 0 Å². The molecule has 4 nitrogen and oxygen atoms in total. The van der Waals surface area contributed by atoms with Crippen molar-refractivity contribution in [2.24, 2.45) is 0 Å². The molecule has 2 unspecified atom stereocenters. The fourth-order valence-corrected chi connectivity index (χ4v) is 3.15. The van der Waals surface area contributed by atoms with Crippen LogP contribution in [0.1, 0.15) is 18.1 Å². The van der Waals surface area contributed by atoms with Crippen LogP contribution < -0.4 is 4.74 Å². The Morgan fingerprint density at radius 2 is 2.30 bits per heavy atom. The number of aliphatic hydroxyl groups excluding tert-OH is 1. The summed E-state index contributed by atoms with van der Waals surface area (Å²) in [5.74, 6) is 0.994. The lowest BCUT2D eigenvalue weighted by atomic mass is 10.1. The SMILES string of the molecule is CC1COC(CO)CN1Cc1cc(Cl)cc2c1OCC2. The molecule has 3 rings (SSSR count). The molecule has 2 aliphatic rings. The van der Waals surface area contributed by atoms with Crippen LogP contribution in [0.15, 0.2) is 12.1 Å². The van der Waals surface area contributed by atoms with E-state index in [2.05, 4.69) is 11.8 Å². The molecule has 2 heterocycles. The lowest BCUT2D eigenvalue weighted by Crippen LogP contribution is -2.48. The molecular weight excluding hydrogens is 278 g/mol. The Hall–Kier alpha value is -0.810. The number of hydrogen-bond acceptors (Lipinski definition) is 4. The van der Waals surface area contributed by atoms with E-state index < -0.39 is 0 Å². The Bertz CT molecular complexity index is 494. The molecule has 20 heavy (non-hydrogen) atoms. The first-order valence-corrected chi connectivity index (χ1v) is 7.45. The van der Waals surface area contributed by atoms with Gasteiger partial charge in [-0.15, -0.1) is 0 Å². The minimum atomic E-state index is -0.0978. The zero-order valence-corrected chi connectivity index (χ0v) is 12.4. The highest BCUT2D eigenvalue weighted by molar-refractivity contribution is 6.30. The van der Waals surface area contributed by atoms with Gasteiger partial charge in [-0.05, 0) is 24.6 Å². The first-order chi connectivity index (χ1) is 9.67. The van der Waals surface area contributed by atoms with Gasteiger partial charge in [0.2, 0.25) is 0 Å². The van der Waals surface area contributed by atoms with Crippen molar-refractivity contribution in [1.29, 1.82) is 0 Å². The van der Waals surface area contributed by atoms with Gasteiger partial charge in [-0.2, -0.15) is 0 Å². The van der Waals surface area contributed by atoms with Gasteiger partial charge in [0.15, 0.2) is 0 Å². The van der Waals surface area contributed by atoms with E-state index >= 15 is 0 Å². The minimum absolute atomic E-state index is 0.0629. The second kappa shape index (κ2) is 5.90. The molecule has 2 atom stereocenters. The van der Waals surface area contributed by atoms with Crippen molar-refractivity contribution in [3.63, 3.8) is 0 Å². The van der Waals surface area contributed by atoms with E-state index in [1.807, 2.05) is 12.1 Å². The van der Waals surface area contributed by atoms with Crippen LogP contribution in [0.2, 0.25) is 5.02 Å². The smallest absolute Gasteiger partial charge is 0.127 e. The van der Waals surface area contributed by atoms with Crippen molar-refractivity contribution in [2.45, 2.75) is 32.0 Å². The molecule has 0 aromatic heterocycles. The molecule has 0 bridgehead atoms. The van der Waals surface area contributed by atoms with Crippen molar-refractivity contribution in [3.8, 4) is 5.75 Å². The summed E-state index contributed by atoms with van der Waals surface area (Å²) in [7, 11) is 0. The van der Waals surface area contributed by atoms with Gasteiger partial charge >= 0.3 is 0 Å². The number of aliphatic hydroxyl groups is 1. The van der Waals surface area contributed by atoms with Crippen LogP contribution in [0.5, 0.6) is 5.75 Å². The van der Waals surface area contributed by atoms with E-state index in [1.54, 1.807) is 0 Å². The van der Waals surface area contributed by atoms with Gasteiger partial charge in [0, 0.05) is 36.1 Å². The van der Waals surface area contributed by atoms with Crippen molar-refractivity contribution in [3.05, 3.63) is 28.3 Å². The molecule has 1 aromatic carbocycles. The summed E-state index contributed by atoms with van der Waals surface area (Å²) < 4.78 is 11.3. The number of halogens is 1. The average Bonchev–Trinajstić information content (AvgIpc) is 2.89.